The number of hydrogen-bond acceptors (Lipinski definition) is 4. The lowest BCUT2D eigenvalue weighted by Gasteiger charge is -2.18. The highest BCUT2D eigenvalue weighted by atomic mass is 16.5. The zero-order valence-electron chi connectivity index (χ0n) is 13.9. The van der Waals surface area contributed by atoms with Gasteiger partial charge in [0.15, 0.2) is 0 Å². The predicted molar refractivity (Wildman–Crippen MR) is 89.2 cm³/mol. The Bertz CT molecular complexity index is 743. The quantitative estimate of drug-likeness (QED) is 0.882. The topological polar surface area (TPSA) is 79.7 Å². The minimum atomic E-state index is -1.16. The number of carbonyl (C=O) groups is 2. The summed E-state index contributed by atoms with van der Waals surface area (Å²) in [4.78, 5) is 28.7. The number of rotatable bonds is 6. The molecule has 0 aliphatic rings. The fourth-order valence-electron chi connectivity index (χ4n) is 2.24. The van der Waals surface area contributed by atoms with E-state index in [0.717, 1.165) is 11.3 Å². The highest BCUT2D eigenvalue weighted by Gasteiger charge is 2.15. The van der Waals surface area contributed by atoms with Crippen molar-refractivity contribution in [2.75, 3.05) is 7.05 Å². The number of carbonyl (C=O) groups excluding carboxylic acids is 1. The third kappa shape index (κ3) is 4.55. The van der Waals surface area contributed by atoms with Crippen LogP contribution in [0, 0.1) is 0 Å². The molecule has 0 saturated heterocycles. The standard InChI is InChI=1S/C18H20N2O4/c1-12(2)24-15-6-4-5-13(9-15)11-20(3)17(21)14-7-8-19-16(10-14)18(22)23/h4-10,12H,11H2,1-3H3,(H,22,23). The second-order valence-corrected chi connectivity index (χ2v) is 5.71. The molecule has 0 aliphatic carbocycles. The Kier molecular flexibility index (Phi) is 5.52. The van der Waals surface area contributed by atoms with Crippen LogP contribution in [0.25, 0.3) is 0 Å². The zero-order valence-corrected chi connectivity index (χ0v) is 13.9. The highest BCUT2D eigenvalue weighted by molar-refractivity contribution is 5.96. The van der Waals surface area contributed by atoms with Gasteiger partial charge < -0.3 is 14.7 Å². The number of aromatic nitrogens is 1. The van der Waals surface area contributed by atoms with Crippen molar-refractivity contribution in [1.29, 1.82) is 0 Å². The SMILES string of the molecule is CC(C)Oc1cccc(CN(C)C(=O)c2ccnc(C(=O)O)c2)c1. The van der Waals surface area contributed by atoms with Crippen molar-refractivity contribution >= 4 is 11.9 Å². The van der Waals surface area contributed by atoms with E-state index < -0.39 is 5.97 Å². The van der Waals surface area contributed by atoms with Crippen LogP contribution in [0.3, 0.4) is 0 Å². The molecule has 126 valence electrons. The lowest BCUT2D eigenvalue weighted by Crippen LogP contribution is -2.26. The second-order valence-electron chi connectivity index (χ2n) is 5.71. The van der Waals surface area contributed by atoms with Gasteiger partial charge in [-0.15, -0.1) is 0 Å². The van der Waals surface area contributed by atoms with Crippen LogP contribution in [0.5, 0.6) is 5.75 Å². The van der Waals surface area contributed by atoms with Gasteiger partial charge in [0.25, 0.3) is 5.91 Å². The zero-order chi connectivity index (χ0) is 17.7. The summed E-state index contributed by atoms with van der Waals surface area (Å²) in [6, 6.07) is 10.3. The predicted octanol–water partition coefficient (Wildman–Crippen LogP) is 2.84. The van der Waals surface area contributed by atoms with Crippen LogP contribution < -0.4 is 4.74 Å². The molecule has 2 rings (SSSR count). The second kappa shape index (κ2) is 7.59. The average molecular weight is 328 g/mol. The van der Waals surface area contributed by atoms with Crippen LogP contribution in [0.4, 0.5) is 0 Å². The number of hydrogen-bond donors (Lipinski definition) is 1. The summed E-state index contributed by atoms with van der Waals surface area (Å²) in [5, 5.41) is 8.97. The van der Waals surface area contributed by atoms with Crippen LogP contribution in [-0.2, 0) is 6.54 Å². The summed E-state index contributed by atoms with van der Waals surface area (Å²) >= 11 is 0. The van der Waals surface area contributed by atoms with E-state index in [9.17, 15) is 9.59 Å². The maximum Gasteiger partial charge on any atom is 0.354 e. The van der Waals surface area contributed by atoms with Gasteiger partial charge in [-0.05, 0) is 43.7 Å². The van der Waals surface area contributed by atoms with Crippen LogP contribution >= 0.6 is 0 Å². The van der Waals surface area contributed by atoms with E-state index in [1.54, 1.807) is 7.05 Å². The van der Waals surface area contributed by atoms with Crippen molar-refractivity contribution < 1.29 is 19.4 Å². The van der Waals surface area contributed by atoms with Crippen molar-refractivity contribution in [3.8, 4) is 5.75 Å². The summed E-state index contributed by atoms with van der Waals surface area (Å²) < 4.78 is 5.65. The molecular formula is C18H20N2O4. The molecule has 1 aromatic carbocycles. The van der Waals surface area contributed by atoms with Crippen molar-refractivity contribution in [2.45, 2.75) is 26.5 Å². The maximum atomic E-state index is 12.5. The van der Waals surface area contributed by atoms with Crippen molar-refractivity contribution in [3.05, 3.63) is 59.4 Å². The number of pyridine rings is 1. The molecule has 6 nitrogen and oxygen atoms in total. The molecule has 0 fully saturated rings. The Morgan fingerprint density at radius 3 is 2.67 bits per heavy atom. The third-order valence-electron chi connectivity index (χ3n) is 3.26. The molecule has 1 amide bonds. The smallest absolute Gasteiger partial charge is 0.354 e. The number of nitrogens with zero attached hydrogens (tertiary/aromatic N) is 2. The first kappa shape index (κ1) is 17.5. The summed E-state index contributed by atoms with van der Waals surface area (Å²) in [5.41, 5.74) is 1.07. The van der Waals surface area contributed by atoms with Gasteiger partial charge in [0.1, 0.15) is 11.4 Å². The average Bonchev–Trinajstić information content (AvgIpc) is 2.54. The first-order valence-electron chi connectivity index (χ1n) is 7.57. The van der Waals surface area contributed by atoms with Gasteiger partial charge in [0, 0.05) is 25.4 Å². The first-order valence-corrected chi connectivity index (χ1v) is 7.57. The summed E-state index contributed by atoms with van der Waals surface area (Å²) in [5.74, 6) is -0.679. The van der Waals surface area contributed by atoms with Gasteiger partial charge in [0.05, 0.1) is 6.10 Å². The number of aromatic carboxylic acids is 1. The van der Waals surface area contributed by atoms with Gasteiger partial charge in [-0.25, -0.2) is 9.78 Å². The number of benzene rings is 1. The maximum absolute atomic E-state index is 12.5. The van der Waals surface area contributed by atoms with Crippen LogP contribution in [0.15, 0.2) is 42.6 Å². The van der Waals surface area contributed by atoms with E-state index >= 15 is 0 Å². The molecule has 0 bridgehead atoms. The lowest BCUT2D eigenvalue weighted by atomic mass is 10.1. The van der Waals surface area contributed by atoms with Gasteiger partial charge in [-0.1, -0.05) is 12.1 Å². The molecule has 1 heterocycles. The molecule has 0 unspecified atom stereocenters. The number of carboxylic acid groups (broad SMARTS) is 1. The number of amides is 1. The summed E-state index contributed by atoms with van der Waals surface area (Å²) in [6.07, 6.45) is 1.40. The molecule has 0 spiro atoms. The summed E-state index contributed by atoms with van der Waals surface area (Å²) in [7, 11) is 1.67. The van der Waals surface area contributed by atoms with Gasteiger partial charge in [-0.2, -0.15) is 0 Å². The molecule has 0 atom stereocenters. The van der Waals surface area contributed by atoms with Crippen LogP contribution in [0.2, 0.25) is 0 Å². The van der Waals surface area contributed by atoms with Gasteiger partial charge in [-0.3, -0.25) is 4.79 Å². The molecule has 0 saturated carbocycles. The number of carboxylic acids is 1. The Hall–Kier alpha value is -2.89. The minimum Gasteiger partial charge on any atom is -0.491 e. The molecule has 1 N–H and O–H groups in total. The Labute approximate surface area is 140 Å². The Balaban J connectivity index is 2.11. The van der Waals surface area contributed by atoms with E-state index in [-0.39, 0.29) is 17.7 Å². The number of ether oxygens (including phenoxy) is 1. The van der Waals surface area contributed by atoms with E-state index in [1.807, 2.05) is 38.1 Å². The Morgan fingerprint density at radius 1 is 1.25 bits per heavy atom. The molecule has 0 aliphatic heterocycles. The molecular weight excluding hydrogens is 308 g/mol. The van der Waals surface area contributed by atoms with Gasteiger partial charge in [0.2, 0.25) is 0 Å². The molecule has 2 aromatic rings. The lowest BCUT2D eigenvalue weighted by molar-refractivity contribution is 0.0690. The van der Waals surface area contributed by atoms with Gasteiger partial charge >= 0.3 is 5.97 Å². The minimum absolute atomic E-state index is 0.0749. The monoisotopic (exact) mass is 328 g/mol. The molecule has 6 heteroatoms. The van der Waals surface area contributed by atoms with E-state index in [2.05, 4.69) is 4.98 Å². The fourth-order valence-corrected chi connectivity index (χ4v) is 2.24. The largest absolute Gasteiger partial charge is 0.491 e. The van der Waals surface area contributed by atoms with Crippen molar-refractivity contribution in [1.82, 2.24) is 9.88 Å². The first-order chi connectivity index (χ1) is 11.4. The molecule has 1 aromatic heterocycles. The van der Waals surface area contributed by atoms with E-state index in [0.29, 0.717) is 12.1 Å². The van der Waals surface area contributed by atoms with Crippen molar-refractivity contribution in [3.63, 3.8) is 0 Å². The van der Waals surface area contributed by atoms with E-state index in [4.69, 9.17) is 9.84 Å². The molecule has 24 heavy (non-hydrogen) atoms. The van der Waals surface area contributed by atoms with E-state index in [1.165, 1.54) is 23.2 Å². The summed E-state index contributed by atoms with van der Waals surface area (Å²) in [6.45, 7) is 4.29. The van der Waals surface area contributed by atoms with Crippen LogP contribution in [0.1, 0.15) is 40.3 Å². The normalized spacial score (nSPS) is 10.5. The third-order valence-corrected chi connectivity index (χ3v) is 3.26. The Morgan fingerprint density at radius 2 is 2.00 bits per heavy atom. The fraction of sp³-hybridized carbons (Fsp3) is 0.278. The molecule has 0 radical (unpaired) electrons. The van der Waals surface area contributed by atoms with Crippen molar-refractivity contribution in [2.24, 2.45) is 0 Å². The van der Waals surface area contributed by atoms with Crippen LogP contribution in [-0.4, -0.2) is 40.0 Å². The highest BCUT2D eigenvalue weighted by Crippen LogP contribution is 2.17.